The Morgan fingerprint density at radius 1 is 1.23 bits per heavy atom. The molecule has 154 valence electrons. The summed E-state index contributed by atoms with van der Waals surface area (Å²) in [5.74, 6) is 0.863. The van der Waals surface area contributed by atoms with E-state index in [4.69, 9.17) is 4.74 Å². The van der Waals surface area contributed by atoms with Gasteiger partial charge in [-0.3, -0.25) is 4.79 Å². The molecule has 0 radical (unpaired) electrons. The van der Waals surface area contributed by atoms with E-state index in [9.17, 15) is 9.90 Å². The van der Waals surface area contributed by atoms with Crippen molar-refractivity contribution in [2.45, 2.75) is 118 Å². The van der Waals surface area contributed by atoms with Gasteiger partial charge in [0.25, 0.3) is 0 Å². The van der Waals surface area contributed by atoms with Crippen molar-refractivity contribution in [3.8, 4) is 0 Å². The van der Waals surface area contributed by atoms with Gasteiger partial charge in [-0.2, -0.15) is 0 Å². The second-order valence-corrected chi connectivity index (χ2v) is 11.0. The number of esters is 1. The molecule has 0 aromatic rings. The number of rotatable bonds is 7. The maximum atomic E-state index is 13.5. The maximum absolute atomic E-state index is 13.5. The van der Waals surface area contributed by atoms with Crippen LogP contribution in [0.5, 0.6) is 0 Å². The van der Waals surface area contributed by atoms with Gasteiger partial charge in [0.2, 0.25) is 0 Å². The third kappa shape index (κ3) is 5.71. The van der Waals surface area contributed by atoms with Crippen molar-refractivity contribution in [1.82, 2.24) is 0 Å². The molecule has 0 spiro atoms. The van der Waals surface area contributed by atoms with Crippen molar-refractivity contribution in [2.24, 2.45) is 22.7 Å². The first-order chi connectivity index (χ1) is 11.7. The smallest absolute Gasteiger partial charge is 0.312 e. The Balaban J connectivity index is 3.17. The molecule has 1 saturated carbocycles. The van der Waals surface area contributed by atoms with Crippen LogP contribution in [-0.4, -0.2) is 22.3 Å². The van der Waals surface area contributed by atoms with Crippen LogP contribution in [0.1, 0.15) is 107 Å². The van der Waals surface area contributed by atoms with Crippen LogP contribution < -0.4 is 0 Å². The van der Waals surface area contributed by atoms with Crippen molar-refractivity contribution >= 4 is 5.97 Å². The minimum atomic E-state index is -0.798. The fourth-order valence-corrected chi connectivity index (χ4v) is 4.54. The lowest BCUT2D eigenvalue weighted by Crippen LogP contribution is -2.51. The lowest BCUT2D eigenvalue weighted by Gasteiger charge is -2.47. The minimum absolute atomic E-state index is 0.0836. The third-order valence-electron chi connectivity index (χ3n) is 6.75. The third-order valence-corrected chi connectivity index (χ3v) is 6.75. The van der Waals surface area contributed by atoms with Gasteiger partial charge in [-0.15, -0.1) is 0 Å². The molecular formula is C23H44O3. The Morgan fingerprint density at radius 3 is 2.23 bits per heavy atom. The van der Waals surface area contributed by atoms with Gasteiger partial charge in [-0.05, 0) is 63.2 Å². The highest BCUT2D eigenvalue weighted by molar-refractivity contribution is 5.78. The first kappa shape index (κ1) is 23.5. The molecule has 1 aliphatic carbocycles. The van der Waals surface area contributed by atoms with Crippen LogP contribution in [0.4, 0.5) is 0 Å². The van der Waals surface area contributed by atoms with Crippen LogP contribution in [0, 0.1) is 22.7 Å². The largest absolute Gasteiger partial charge is 0.459 e. The molecule has 1 fully saturated rings. The SMILES string of the molecule is CCC(C)(O)CC1(OC(=O)C(C)(CC(C)C)C(C)(C)C)CCCC(C)C1. The molecule has 0 saturated heterocycles. The first-order valence-electron chi connectivity index (χ1n) is 10.6. The second kappa shape index (κ2) is 8.20. The fourth-order valence-electron chi connectivity index (χ4n) is 4.54. The first-order valence-corrected chi connectivity index (χ1v) is 10.6. The molecule has 3 heteroatoms. The number of carbonyl (C=O) groups is 1. The van der Waals surface area contributed by atoms with Crippen LogP contribution in [-0.2, 0) is 9.53 Å². The molecule has 3 nitrogen and oxygen atoms in total. The molecule has 0 amide bonds. The number of aliphatic hydroxyl groups is 1. The molecule has 26 heavy (non-hydrogen) atoms. The normalized spacial score (nSPS) is 29.1. The molecule has 0 aromatic heterocycles. The van der Waals surface area contributed by atoms with Crippen molar-refractivity contribution < 1.29 is 14.6 Å². The number of carbonyl (C=O) groups excluding carboxylic acids is 1. The predicted molar refractivity (Wildman–Crippen MR) is 109 cm³/mol. The van der Waals surface area contributed by atoms with E-state index >= 15 is 0 Å². The van der Waals surface area contributed by atoms with Crippen LogP contribution in [0.2, 0.25) is 0 Å². The van der Waals surface area contributed by atoms with Gasteiger partial charge in [0.15, 0.2) is 0 Å². The summed E-state index contributed by atoms with van der Waals surface area (Å²) in [7, 11) is 0. The maximum Gasteiger partial charge on any atom is 0.312 e. The van der Waals surface area contributed by atoms with E-state index in [0.29, 0.717) is 24.7 Å². The van der Waals surface area contributed by atoms with Gasteiger partial charge >= 0.3 is 5.97 Å². The lowest BCUT2D eigenvalue weighted by molar-refractivity contribution is -0.192. The average Bonchev–Trinajstić information content (AvgIpc) is 2.44. The van der Waals surface area contributed by atoms with E-state index in [-0.39, 0.29) is 11.4 Å². The Bertz CT molecular complexity index is 474. The van der Waals surface area contributed by atoms with Crippen LogP contribution in [0.3, 0.4) is 0 Å². The Labute approximate surface area is 162 Å². The van der Waals surface area contributed by atoms with Gasteiger partial charge < -0.3 is 9.84 Å². The molecule has 0 heterocycles. The van der Waals surface area contributed by atoms with Gasteiger partial charge in [-0.25, -0.2) is 0 Å². The molecule has 4 atom stereocenters. The fraction of sp³-hybridized carbons (Fsp3) is 0.957. The van der Waals surface area contributed by atoms with Gasteiger partial charge in [0.05, 0.1) is 11.0 Å². The van der Waals surface area contributed by atoms with E-state index in [2.05, 4.69) is 48.5 Å². The quantitative estimate of drug-likeness (QED) is 0.550. The predicted octanol–water partition coefficient (Wildman–Crippen LogP) is 6.13. The molecule has 0 aromatic carbocycles. The zero-order valence-electron chi connectivity index (χ0n) is 18.9. The second-order valence-electron chi connectivity index (χ2n) is 11.0. The van der Waals surface area contributed by atoms with Gasteiger partial charge in [-0.1, -0.05) is 54.9 Å². The topological polar surface area (TPSA) is 46.5 Å². The highest BCUT2D eigenvalue weighted by Gasteiger charge is 2.50. The van der Waals surface area contributed by atoms with E-state index in [1.165, 1.54) is 6.42 Å². The Hall–Kier alpha value is -0.570. The highest BCUT2D eigenvalue weighted by atomic mass is 16.6. The summed E-state index contributed by atoms with van der Waals surface area (Å²) in [6, 6.07) is 0. The number of hydrogen-bond acceptors (Lipinski definition) is 3. The summed E-state index contributed by atoms with van der Waals surface area (Å²) in [6.07, 6.45) is 5.97. The molecule has 1 N–H and O–H groups in total. The molecule has 0 aliphatic heterocycles. The summed E-state index contributed by atoms with van der Waals surface area (Å²) in [4.78, 5) is 13.5. The van der Waals surface area contributed by atoms with E-state index in [1.807, 2.05) is 13.8 Å². The summed E-state index contributed by atoms with van der Waals surface area (Å²) in [6.45, 7) is 18.9. The van der Waals surface area contributed by atoms with E-state index in [0.717, 1.165) is 25.7 Å². The zero-order chi connectivity index (χ0) is 20.4. The lowest BCUT2D eigenvalue weighted by atomic mass is 9.63. The Morgan fingerprint density at radius 2 is 1.81 bits per heavy atom. The van der Waals surface area contributed by atoms with Crippen LogP contribution >= 0.6 is 0 Å². The van der Waals surface area contributed by atoms with Crippen LogP contribution in [0.15, 0.2) is 0 Å². The number of ether oxygens (including phenoxy) is 1. The summed E-state index contributed by atoms with van der Waals surface area (Å²) >= 11 is 0. The summed E-state index contributed by atoms with van der Waals surface area (Å²) in [5.41, 5.74) is -2.04. The average molecular weight is 369 g/mol. The summed E-state index contributed by atoms with van der Waals surface area (Å²) < 4.78 is 6.38. The van der Waals surface area contributed by atoms with Gasteiger partial charge in [0, 0.05) is 6.42 Å². The molecular weight excluding hydrogens is 324 g/mol. The molecule has 0 bridgehead atoms. The van der Waals surface area contributed by atoms with E-state index in [1.54, 1.807) is 0 Å². The van der Waals surface area contributed by atoms with Crippen molar-refractivity contribution in [3.05, 3.63) is 0 Å². The highest BCUT2D eigenvalue weighted by Crippen LogP contribution is 2.48. The number of hydrogen-bond donors (Lipinski definition) is 1. The van der Waals surface area contributed by atoms with Gasteiger partial charge in [0.1, 0.15) is 5.60 Å². The minimum Gasteiger partial charge on any atom is -0.459 e. The van der Waals surface area contributed by atoms with Crippen molar-refractivity contribution in [1.29, 1.82) is 0 Å². The molecule has 1 rings (SSSR count). The van der Waals surface area contributed by atoms with E-state index < -0.39 is 16.6 Å². The molecule has 1 aliphatic rings. The van der Waals surface area contributed by atoms with Crippen molar-refractivity contribution in [3.63, 3.8) is 0 Å². The standard InChI is InChI=1S/C23H44O3/c1-10-21(8,25)16-23(13-11-12-18(4)15-23)26-19(24)22(9,14-17(2)3)20(5,6)7/h17-18,25H,10-16H2,1-9H3. The zero-order valence-corrected chi connectivity index (χ0v) is 18.9. The Kier molecular flexibility index (Phi) is 7.41. The molecule has 4 unspecified atom stereocenters. The van der Waals surface area contributed by atoms with Crippen molar-refractivity contribution in [2.75, 3.05) is 0 Å². The summed E-state index contributed by atoms with van der Waals surface area (Å²) in [5, 5.41) is 10.8. The van der Waals surface area contributed by atoms with Crippen LogP contribution in [0.25, 0.3) is 0 Å². The monoisotopic (exact) mass is 368 g/mol.